The summed E-state index contributed by atoms with van der Waals surface area (Å²) < 4.78 is 54.8. The molecule has 0 radical (unpaired) electrons. The lowest BCUT2D eigenvalue weighted by molar-refractivity contribution is -0.136. The molecule has 2 nitrogen and oxygen atoms in total. The predicted octanol–water partition coefficient (Wildman–Crippen LogP) is 4.44. The molecule has 0 fully saturated rings. The van der Waals surface area contributed by atoms with Crippen LogP contribution >= 0.6 is 0 Å². The molecular formula is C15H21F4NO. The molecule has 1 N–H and O–H groups in total. The van der Waals surface area contributed by atoms with E-state index in [9.17, 15) is 17.6 Å². The van der Waals surface area contributed by atoms with Gasteiger partial charge in [0.1, 0.15) is 11.6 Å². The fraction of sp³-hybridized carbons (Fsp3) is 0.600. The Morgan fingerprint density at radius 2 is 1.81 bits per heavy atom. The highest BCUT2D eigenvalue weighted by Crippen LogP contribution is 2.23. The minimum absolute atomic E-state index is 0.0480. The Morgan fingerprint density at radius 3 is 2.38 bits per heavy atom. The fourth-order valence-corrected chi connectivity index (χ4v) is 1.64. The summed E-state index contributed by atoms with van der Waals surface area (Å²) in [5.41, 5.74) is 0.441. The normalized spacial score (nSPS) is 12.5. The number of benzene rings is 1. The van der Waals surface area contributed by atoms with Crippen LogP contribution in [0.4, 0.5) is 17.6 Å². The van der Waals surface area contributed by atoms with Crippen molar-refractivity contribution in [3.8, 4) is 5.75 Å². The third-order valence-corrected chi connectivity index (χ3v) is 2.69. The van der Waals surface area contributed by atoms with Crippen molar-refractivity contribution < 1.29 is 22.3 Å². The molecule has 6 heteroatoms. The average molecular weight is 307 g/mol. The van der Waals surface area contributed by atoms with Gasteiger partial charge in [-0.05, 0) is 45.4 Å². The van der Waals surface area contributed by atoms with E-state index in [4.69, 9.17) is 4.74 Å². The molecule has 0 amide bonds. The van der Waals surface area contributed by atoms with E-state index in [-0.39, 0.29) is 18.6 Å². The van der Waals surface area contributed by atoms with Crippen LogP contribution in [-0.4, -0.2) is 18.3 Å². The minimum Gasteiger partial charge on any atom is -0.493 e. The van der Waals surface area contributed by atoms with Gasteiger partial charge in [0.15, 0.2) is 0 Å². The number of halogens is 4. The number of rotatable bonds is 6. The third kappa shape index (κ3) is 7.90. The minimum atomic E-state index is -4.18. The van der Waals surface area contributed by atoms with Crippen molar-refractivity contribution >= 4 is 0 Å². The molecule has 1 aromatic carbocycles. The van der Waals surface area contributed by atoms with Gasteiger partial charge < -0.3 is 10.1 Å². The first-order valence-electron chi connectivity index (χ1n) is 6.80. The molecule has 0 aliphatic carbocycles. The van der Waals surface area contributed by atoms with Crippen LogP contribution in [0.2, 0.25) is 0 Å². The fourth-order valence-electron chi connectivity index (χ4n) is 1.64. The average Bonchev–Trinajstić information content (AvgIpc) is 2.31. The second-order valence-electron chi connectivity index (χ2n) is 5.92. The van der Waals surface area contributed by atoms with Gasteiger partial charge in [0.25, 0.3) is 0 Å². The molecule has 0 aliphatic heterocycles. The molecule has 1 rings (SSSR count). The van der Waals surface area contributed by atoms with Crippen molar-refractivity contribution in [2.24, 2.45) is 0 Å². The van der Waals surface area contributed by atoms with Gasteiger partial charge in [0.2, 0.25) is 0 Å². The van der Waals surface area contributed by atoms with E-state index >= 15 is 0 Å². The highest BCUT2D eigenvalue weighted by molar-refractivity contribution is 5.34. The molecule has 0 aromatic heterocycles. The Morgan fingerprint density at radius 1 is 1.14 bits per heavy atom. The molecule has 0 aliphatic rings. The summed E-state index contributed by atoms with van der Waals surface area (Å²) in [6, 6.07) is 4.01. The van der Waals surface area contributed by atoms with Crippen LogP contribution < -0.4 is 10.1 Å². The van der Waals surface area contributed by atoms with Gasteiger partial charge in [0, 0.05) is 24.1 Å². The molecule has 0 spiro atoms. The Kier molecular flexibility index (Phi) is 6.01. The summed E-state index contributed by atoms with van der Waals surface area (Å²) in [5, 5.41) is 3.19. The Balaban J connectivity index is 2.60. The summed E-state index contributed by atoms with van der Waals surface area (Å²) in [4.78, 5) is 0. The zero-order valence-electron chi connectivity index (χ0n) is 12.5. The van der Waals surface area contributed by atoms with Gasteiger partial charge in [-0.15, -0.1) is 0 Å². The monoisotopic (exact) mass is 307 g/mol. The number of nitrogens with one attached hydrogen (secondary N) is 1. The van der Waals surface area contributed by atoms with Crippen molar-refractivity contribution in [3.63, 3.8) is 0 Å². The van der Waals surface area contributed by atoms with E-state index < -0.39 is 18.4 Å². The topological polar surface area (TPSA) is 21.3 Å². The summed E-state index contributed by atoms with van der Waals surface area (Å²) in [7, 11) is 0. The molecular weight excluding hydrogens is 286 g/mol. The largest absolute Gasteiger partial charge is 0.493 e. The van der Waals surface area contributed by atoms with Crippen LogP contribution in [0.3, 0.4) is 0 Å². The molecule has 0 saturated carbocycles. The van der Waals surface area contributed by atoms with Crippen molar-refractivity contribution in [1.82, 2.24) is 5.32 Å². The van der Waals surface area contributed by atoms with Crippen molar-refractivity contribution in [3.05, 3.63) is 29.6 Å². The third-order valence-electron chi connectivity index (χ3n) is 2.69. The number of hydrogen-bond donors (Lipinski definition) is 1. The van der Waals surface area contributed by atoms with E-state index in [1.54, 1.807) is 0 Å². The molecule has 0 heterocycles. The van der Waals surface area contributed by atoms with E-state index in [1.165, 1.54) is 18.2 Å². The van der Waals surface area contributed by atoms with Crippen molar-refractivity contribution in [1.29, 1.82) is 0 Å². The predicted molar refractivity (Wildman–Crippen MR) is 73.8 cm³/mol. The van der Waals surface area contributed by atoms with E-state index in [0.29, 0.717) is 17.9 Å². The Bertz CT molecular complexity index is 452. The van der Waals surface area contributed by atoms with Crippen LogP contribution in [0.1, 0.15) is 39.2 Å². The molecule has 21 heavy (non-hydrogen) atoms. The maximum atomic E-state index is 13.3. The van der Waals surface area contributed by atoms with Crippen LogP contribution in [0.25, 0.3) is 0 Å². The lowest BCUT2D eigenvalue weighted by Gasteiger charge is -2.21. The first-order valence-corrected chi connectivity index (χ1v) is 6.80. The molecule has 0 unspecified atom stereocenters. The van der Waals surface area contributed by atoms with Crippen LogP contribution in [0.15, 0.2) is 18.2 Å². The molecule has 0 bridgehead atoms. The number of alkyl halides is 3. The summed E-state index contributed by atoms with van der Waals surface area (Å²) in [6.45, 7) is 6.24. The van der Waals surface area contributed by atoms with Gasteiger partial charge in [0.05, 0.1) is 6.61 Å². The standard InChI is InChI=1S/C15H21F4NO/c1-14(2,3)20-10-11-9-12(16)5-6-13(11)21-8-4-7-15(17,18)19/h5-6,9,20H,4,7-8,10H2,1-3H3. The Hall–Kier alpha value is -1.30. The lowest BCUT2D eigenvalue weighted by atomic mass is 10.1. The highest BCUT2D eigenvalue weighted by atomic mass is 19.4. The maximum absolute atomic E-state index is 13.3. The molecule has 1 aromatic rings. The van der Waals surface area contributed by atoms with Gasteiger partial charge in [-0.25, -0.2) is 4.39 Å². The highest BCUT2D eigenvalue weighted by Gasteiger charge is 2.26. The summed E-state index contributed by atoms with van der Waals surface area (Å²) in [5.74, 6) is 0.0127. The first kappa shape index (κ1) is 17.8. The summed E-state index contributed by atoms with van der Waals surface area (Å²) >= 11 is 0. The number of hydrogen-bond acceptors (Lipinski definition) is 2. The van der Waals surface area contributed by atoms with Crippen molar-refractivity contribution in [2.45, 2.75) is 51.9 Å². The Labute approximate surface area is 122 Å². The van der Waals surface area contributed by atoms with Crippen LogP contribution in [-0.2, 0) is 6.54 Å². The number of ether oxygens (including phenoxy) is 1. The maximum Gasteiger partial charge on any atom is 0.389 e. The van der Waals surface area contributed by atoms with E-state index in [0.717, 1.165) is 0 Å². The van der Waals surface area contributed by atoms with Crippen molar-refractivity contribution in [2.75, 3.05) is 6.61 Å². The first-order chi connectivity index (χ1) is 9.57. The second kappa shape index (κ2) is 7.11. The summed E-state index contributed by atoms with van der Waals surface area (Å²) in [6.07, 6.45) is -5.18. The SMILES string of the molecule is CC(C)(C)NCc1cc(F)ccc1OCCCC(F)(F)F. The lowest BCUT2D eigenvalue weighted by Crippen LogP contribution is -2.35. The van der Waals surface area contributed by atoms with Gasteiger partial charge in [-0.3, -0.25) is 0 Å². The zero-order valence-corrected chi connectivity index (χ0v) is 12.5. The van der Waals surface area contributed by atoms with Crippen LogP contribution in [0, 0.1) is 5.82 Å². The smallest absolute Gasteiger partial charge is 0.389 e. The quantitative estimate of drug-likeness (QED) is 0.620. The molecule has 0 atom stereocenters. The molecule has 120 valence electrons. The van der Waals surface area contributed by atoms with E-state index in [1.807, 2.05) is 20.8 Å². The zero-order chi connectivity index (χ0) is 16.1. The second-order valence-corrected chi connectivity index (χ2v) is 5.92. The van der Waals surface area contributed by atoms with Gasteiger partial charge in [-0.2, -0.15) is 13.2 Å². The van der Waals surface area contributed by atoms with Gasteiger partial charge >= 0.3 is 6.18 Å². The van der Waals surface area contributed by atoms with Crippen LogP contribution in [0.5, 0.6) is 5.75 Å². The molecule has 0 saturated heterocycles. The van der Waals surface area contributed by atoms with Gasteiger partial charge in [-0.1, -0.05) is 0 Å². The van der Waals surface area contributed by atoms with E-state index in [2.05, 4.69) is 5.32 Å².